The summed E-state index contributed by atoms with van der Waals surface area (Å²) >= 11 is 0. The Balaban J connectivity index is 5.88. The van der Waals surface area contributed by atoms with Crippen LogP contribution in [0, 0.1) is 17.3 Å². The third-order valence-corrected chi connectivity index (χ3v) is 6.29. The second-order valence-corrected chi connectivity index (χ2v) is 9.62. The summed E-state index contributed by atoms with van der Waals surface area (Å²) < 4.78 is 169. The Kier molecular flexibility index (Phi) is 13.5. The molecule has 0 bridgehead atoms. The lowest BCUT2D eigenvalue weighted by Gasteiger charge is -2.40. The van der Waals surface area contributed by atoms with Gasteiger partial charge in [0.2, 0.25) is 0 Å². The molecule has 0 aromatic carbocycles. The van der Waals surface area contributed by atoms with E-state index in [2.05, 4.69) is 4.74 Å². The van der Waals surface area contributed by atoms with Crippen molar-refractivity contribution in [3.63, 3.8) is 0 Å². The molecule has 5 unspecified atom stereocenters. The van der Waals surface area contributed by atoms with E-state index >= 15 is 0 Å². The molecule has 5 N–H and O–H groups in total. The van der Waals surface area contributed by atoms with Crippen LogP contribution in [0.1, 0.15) is 40.0 Å². The zero-order chi connectivity index (χ0) is 32.1. The average molecular weight is 624 g/mol. The van der Waals surface area contributed by atoms with Gasteiger partial charge < -0.3 is 35.0 Å². The van der Waals surface area contributed by atoms with Gasteiger partial charge in [-0.2, -0.15) is 43.9 Å². The summed E-state index contributed by atoms with van der Waals surface area (Å²) in [5.41, 5.74) is -1.61. The Morgan fingerprint density at radius 3 is 1.65 bits per heavy atom. The van der Waals surface area contributed by atoms with Crippen LogP contribution in [0.4, 0.5) is 52.7 Å². The van der Waals surface area contributed by atoms with Crippen LogP contribution < -0.4 is 0 Å². The predicted molar refractivity (Wildman–Crippen MR) is 110 cm³/mol. The van der Waals surface area contributed by atoms with Gasteiger partial charge >= 0.3 is 36.0 Å². The fourth-order valence-electron chi connectivity index (χ4n) is 3.76. The van der Waals surface area contributed by atoms with Crippen LogP contribution >= 0.6 is 0 Å². The molecule has 0 spiro atoms. The lowest BCUT2D eigenvalue weighted by molar-refractivity contribution is -0.417. The molecule has 0 aliphatic heterocycles. The highest BCUT2D eigenvalue weighted by Crippen LogP contribution is 2.58. The van der Waals surface area contributed by atoms with Crippen molar-refractivity contribution in [2.24, 2.45) is 17.3 Å². The molecular formula is C21H32F12O7. The van der Waals surface area contributed by atoms with Crippen molar-refractivity contribution >= 4 is 0 Å². The Morgan fingerprint density at radius 1 is 0.750 bits per heavy atom. The fraction of sp³-hybridized carbons (Fsp3) is 1.00. The Morgan fingerprint density at radius 2 is 1.25 bits per heavy atom. The van der Waals surface area contributed by atoms with E-state index in [-0.39, 0.29) is 12.8 Å². The SMILES string of the molecule is CCC(CC(C)(CC(C)C(O)OCC(F)(F)C(F)(F)C(F)(F)C(F)(F)C(F)(F)C(F)F)C(O)OCCO)C(O)O. The predicted octanol–water partition coefficient (Wildman–Crippen LogP) is 3.85. The third kappa shape index (κ3) is 8.03. The summed E-state index contributed by atoms with van der Waals surface area (Å²) in [7, 11) is 0. The first-order valence-corrected chi connectivity index (χ1v) is 11.5. The van der Waals surface area contributed by atoms with Gasteiger partial charge in [0.05, 0.1) is 13.2 Å². The minimum atomic E-state index is -7.74. The normalized spacial score (nSPS) is 19.1. The maximum atomic E-state index is 14.0. The van der Waals surface area contributed by atoms with E-state index in [9.17, 15) is 73.1 Å². The van der Waals surface area contributed by atoms with Crippen LogP contribution in [0.3, 0.4) is 0 Å². The molecule has 0 radical (unpaired) electrons. The van der Waals surface area contributed by atoms with Gasteiger partial charge in [-0.05, 0) is 19.3 Å². The fourth-order valence-corrected chi connectivity index (χ4v) is 3.76. The highest BCUT2D eigenvalue weighted by atomic mass is 19.4. The molecule has 242 valence electrons. The third-order valence-electron chi connectivity index (χ3n) is 6.29. The molecule has 0 saturated heterocycles. The number of hydrogen-bond donors (Lipinski definition) is 5. The topological polar surface area (TPSA) is 120 Å². The Bertz CT molecular complexity index is 772. The molecule has 19 heteroatoms. The van der Waals surface area contributed by atoms with E-state index < -0.39 is 98.4 Å². The molecule has 0 aromatic rings. The van der Waals surface area contributed by atoms with Crippen molar-refractivity contribution < 1.29 is 87.7 Å². The summed E-state index contributed by atoms with van der Waals surface area (Å²) in [6.07, 6.45) is -12.8. The molecule has 0 aliphatic carbocycles. The number of hydrogen-bond acceptors (Lipinski definition) is 7. The van der Waals surface area contributed by atoms with Crippen LogP contribution in [0.25, 0.3) is 0 Å². The molecule has 0 aromatic heterocycles. The lowest BCUT2D eigenvalue weighted by Crippen LogP contribution is -2.69. The highest BCUT2D eigenvalue weighted by Gasteiger charge is 2.87. The summed E-state index contributed by atoms with van der Waals surface area (Å²) in [6, 6.07) is 0. The van der Waals surface area contributed by atoms with Crippen molar-refractivity contribution in [1.29, 1.82) is 0 Å². The van der Waals surface area contributed by atoms with E-state index in [4.69, 9.17) is 9.84 Å². The summed E-state index contributed by atoms with van der Waals surface area (Å²) in [6.45, 7) is -0.299. The van der Waals surface area contributed by atoms with E-state index in [1.54, 1.807) is 0 Å². The lowest BCUT2D eigenvalue weighted by atomic mass is 9.73. The molecule has 40 heavy (non-hydrogen) atoms. The largest absolute Gasteiger partial charge is 0.394 e. The minimum Gasteiger partial charge on any atom is -0.394 e. The highest BCUT2D eigenvalue weighted by molar-refractivity contribution is 5.09. The molecule has 0 heterocycles. The monoisotopic (exact) mass is 624 g/mol. The van der Waals surface area contributed by atoms with Gasteiger partial charge in [-0.15, -0.1) is 0 Å². The van der Waals surface area contributed by atoms with E-state index in [1.807, 2.05) is 0 Å². The smallest absolute Gasteiger partial charge is 0.384 e. The van der Waals surface area contributed by atoms with E-state index in [0.717, 1.165) is 6.92 Å². The van der Waals surface area contributed by atoms with Crippen molar-refractivity contribution in [1.82, 2.24) is 0 Å². The molecular weight excluding hydrogens is 592 g/mol. The van der Waals surface area contributed by atoms with Gasteiger partial charge in [-0.25, -0.2) is 8.78 Å². The zero-order valence-corrected chi connectivity index (χ0v) is 21.3. The van der Waals surface area contributed by atoms with E-state index in [0.29, 0.717) is 0 Å². The van der Waals surface area contributed by atoms with Gasteiger partial charge in [0.25, 0.3) is 0 Å². The van der Waals surface area contributed by atoms with Crippen LogP contribution in [0.2, 0.25) is 0 Å². The number of halogens is 12. The summed E-state index contributed by atoms with van der Waals surface area (Å²) in [4.78, 5) is 0. The summed E-state index contributed by atoms with van der Waals surface area (Å²) in [5.74, 6) is -38.8. The number of aliphatic hydroxyl groups is 5. The van der Waals surface area contributed by atoms with Gasteiger partial charge in [-0.3, -0.25) is 0 Å². The van der Waals surface area contributed by atoms with Gasteiger partial charge in [-0.1, -0.05) is 20.8 Å². The Hall–Kier alpha value is -1.12. The van der Waals surface area contributed by atoms with E-state index in [1.165, 1.54) is 13.8 Å². The van der Waals surface area contributed by atoms with Crippen LogP contribution in [-0.2, 0) is 9.47 Å². The van der Waals surface area contributed by atoms with Gasteiger partial charge in [0, 0.05) is 17.3 Å². The van der Waals surface area contributed by atoms with Crippen molar-refractivity contribution in [2.45, 2.75) is 94.9 Å². The first-order chi connectivity index (χ1) is 17.8. The molecule has 0 fully saturated rings. The Labute approximate surface area is 220 Å². The summed E-state index contributed by atoms with van der Waals surface area (Å²) in [5, 5.41) is 48.3. The number of rotatable bonds is 19. The quantitative estimate of drug-likeness (QED) is 0.110. The van der Waals surface area contributed by atoms with Crippen LogP contribution in [0.15, 0.2) is 0 Å². The van der Waals surface area contributed by atoms with Crippen molar-refractivity contribution in [3.8, 4) is 0 Å². The molecule has 0 rings (SSSR count). The molecule has 7 nitrogen and oxygen atoms in total. The maximum Gasteiger partial charge on any atom is 0.384 e. The van der Waals surface area contributed by atoms with Crippen molar-refractivity contribution in [2.75, 3.05) is 19.8 Å². The molecule has 5 atom stereocenters. The van der Waals surface area contributed by atoms with Crippen molar-refractivity contribution in [3.05, 3.63) is 0 Å². The van der Waals surface area contributed by atoms with Crippen LogP contribution in [0.5, 0.6) is 0 Å². The van der Waals surface area contributed by atoms with Gasteiger partial charge in [0.15, 0.2) is 18.9 Å². The number of alkyl halides is 12. The molecule has 0 aliphatic rings. The second-order valence-electron chi connectivity index (χ2n) is 9.62. The first kappa shape index (κ1) is 38.9. The number of ether oxygens (including phenoxy) is 2. The van der Waals surface area contributed by atoms with Crippen LogP contribution in [-0.4, -0.2) is 100 Å². The maximum absolute atomic E-state index is 14.0. The first-order valence-electron chi connectivity index (χ1n) is 11.5. The average Bonchev–Trinajstić information content (AvgIpc) is 2.83. The molecule has 0 amide bonds. The minimum absolute atomic E-state index is 0.0954. The van der Waals surface area contributed by atoms with Gasteiger partial charge in [0.1, 0.15) is 6.61 Å². The molecule has 0 saturated carbocycles. The zero-order valence-electron chi connectivity index (χ0n) is 21.3. The second kappa shape index (κ2) is 13.9. The number of aliphatic hydroxyl groups excluding tert-OH is 4. The standard InChI is InChI=1S/C21H32F12O7/c1-4-11(12(35)36)8-16(3,15(38)39-6-5-34)7-10(2)13(37)40-9-17(24,25)19(28,29)21(32,33)20(30,31)18(26,27)14(22)23/h10-15,34-38H,4-9H2,1-3H3.